The van der Waals surface area contributed by atoms with E-state index < -0.39 is 6.10 Å². The number of para-hydroxylation sites is 1. The molecule has 1 heterocycles. The molecule has 0 bridgehead atoms. The number of benzene rings is 2. The van der Waals surface area contributed by atoms with Crippen molar-refractivity contribution in [2.75, 3.05) is 20.3 Å². The molecule has 0 unspecified atom stereocenters. The van der Waals surface area contributed by atoms with Crippen LogP contribution in [0.25, 0.3) is 0 Å². The number of hydrogen-bond acceptors (Lipinski definition) is 5. The molecule has 0 aliphatic carbocycles. The minimum Gasteiger partial charge on any atom is -0.496 e. The highest BCUT2D eigenvalue weighted by molar-refractivity contribution is 5.32. The third-order valence-electron chi connectivity index (χ3n) is 4.64. The molecule has 1 aromatic heterocycles. The monoisotopic (exact) mass is 399 g/mol. The maximum atomic E-state index is 13.3. The number of nitrogens with one attached hydrogen (secondary N) is 1. The molecule has 0 amide bonds. The fourth-order valence-corrected chi connectivity index (χ4v) is 3.11. The van der Waals surface area contributed by atoms with Gasteiger partial charge in [0.1, 0.15) is 17.4 Å². The van der Waals surface area contributed by atoms with Gasteiger partial charge in [-0.2, -0.15) is 0 Å². The van der Waals surface area contributed by atoms with Crippen molar-refractivity contribution in [1.29, 1.82) is 0 Å². The van der Waals surface area contributed by atoms with Crippen molar-refractivity contribution in [3.63, 3.8) is 0 Å². The Labute approximate surface area is 169 Å². The Bertz CT molecular complexity index is 898. The third-order valence-corrected chi connectivity index (χ3v) is 4.64. The predicted molar refractivity (Wildman–Crippen MR) is 108 cm³/mol. The van der Waals surface area contributed by atoms with E-state index in [0.29, 0.717) is 13.2 Å². The van der Waals surface area contributed by atoms with Crippen molar-refractivity contribution >= 4 is 0 Å². The first kappa shape index (κ1) is 21.0. The number of aliphatic hydroxyl groups excluding tert-OH is 1. The highest BCUT2D eigenvalue weighted by Crippen LogP contribution is 2.21. The Kier molecular flexibility index (Phi) is 7.35. The maximum Gasteiger partial charge on any atom is 0.130 e. The van der Waals surface area contributed by atoms with E-state index in [1.807, 2.05) is 42.1 Å². The molecule has 154 valence electrons. The molecule has 3 rings (SSSR count). The molecule has 7 heteroatoms. The summed E-state index contributed by atoms with van der Waals surface area (Å²) in [6, 6.07) is 13.6. The number of ether oxygens (including phenoxy) is 2. The Hall–Kier alpha value is -2.74. The van der Waals surface area contributed by atoms with Crippen molar-refractivity contribution in [3.05, 3.63) is 83.7 Å². The standard InChI is InChI=1S/C22H26FN3O3/c1-26-12-11-24-22(26)21(16-7-9-18(23)10-8-16)25-13-19(27)15-29-14-17-5-3-4-6-20(17)28-2/h3-12,19,21,25,27H,13-15H2,1-2H3/t19-,21-/m1/s1. The van der Waals surface area contributed by atoms with E-state index in [1.165, 1.54) is 12.1 Å². The van der Waals surface area contributed by atoms with Gasteiger partial charge < -0.3 is 24.5 Å². The van der Waals surface area contributed by atoms with Crippen LogP contribution in [-0.2, 0) is 18.4 Å². The van der Waals surface area contributed by atoms with E-state index in [9.17, 15) is 9.50 Å². The molecule has 29 heavy (non-hydrogen) atoms. The first-order chi connectivity index (χ1) is 14.1. The minimum atomic E-state index is -0.715. The number of rotatable bonds is 10. The number of methoxy groups -OCH3 is 1. The lowest BCUT2D eigenvalue weighted by Crippen LogP contribution is -2.34. The summed E-state index contributed by atoms with van der Waals surface area (Å²) in [7, 11) is 3.51. The highest BCUT2D eigenvalue weighted by Gasteiger charge is 2.19. The van der Waals surface area contributed by atoms with Crippen molar-refractivity contribution < 1.29 is 19.0 Å². The number of imidazole rings is 1. The number of aryl methyl sites for hydroxylation is 1. The largest absolute Gasteiger partial charge is 0.496 e. The first-order valence-corrected chi connectivity index (χ1v) is 9.42. The van der Waals surface area contributed by atoms with E-state index in [4.69, 9.17) is 9.47 Å². The van der Waals surface area contributed by atoms with Crippen molar-refractivity contribution in [1.82, 2.24) is 14.9 Å². The zero-order chi connectivity index (χ0) is 20.6. The summed E-state index contributed by atoms with van der Waals surface area (Å²) < 4.78 is 26.2. The van der Waals surface area contributed by atoms with Gasteiger partial charge in [0.2, 0.25) is 0 Å². The summed E-state index contributed by atoms with van der Waals surface area (Å²) in [5, 5.41) is 13.7. The molecule has 0 aliphatic rings. The van der Waals surface area contributed by atoms with Crippen LogP contribution in [-0.4, -0.2) is 41.0 Å². The van der Waals surface area contributed by atoms with Crippen molar-refractivity contribution in [3.8, 4) is 5.75 Å². The van der Waals surface area contributed by atoms with Gasteiger partial charge in [0.25, 0.3) is 0 Å². The molecule has 0 aliphatic heterocycles. The van der Waals surface area contributed by atoms with Crippen LogP contribution in [0, 0.1) is 5.82 Å². The Balaban J connectivity index is 1.57. The van der Waals surface area contributed by atoms with Crippen LogP contribution in [0.4, 0.5) is 4.39 Å². The van der Waals surface area contributed by atoms with Gasteiger partial charge >= 0.3 is 0 Å². The molecule has 0 radical (unpaired) electrons. The lowest BCUT2D eigenvalue weighted by atomic mass is 10.1. The van der Waals surface area contributed by atoms with Gasteiger partial charge in [0, 0.05) is 31.5 Å². The number of aliphatic hydroxyl groups is 1. The number of nitrogens with zero attached hydrogens (tertiary/aromatic N) is 2. The molecule has 0 fully saturated rings. The smallest absolute Gasteiger partial charge is 0.130 e. The van der Waals surface area contributed by atoms with E-state index in [-0.39, 0.29) is 18.5 Å². The van der Waals surface area contributed by atoms with Gasteiger partial charge in [-0.3, -0.25) is 0 Å². The molecule has 0 spiro atoms. The lowest BCUT2D eigenvalue weighted by Gasteiger charge is -2.21. The normalized spacial score (nSPS) is 13.2. The first-order valence-electron chi connectivity index (χ1n) is 9.42. The molecule has 3 aromatic rings. The summed E-state index contributed by atoms with van der Waals surface area (Å²) in [6.07, 6.45) is 2.84. The number of halogens is 1. The van der Waals surface area contributed by atoms with E-state index >= 15 is 0 Å². The van der Waals surface area contributed by atoms with E-state index in [2.05, 4.69) is 10.3 Å². The van der Waals surface area contributed by atoms with Crippen LogP contribution < -0.4 is 10.1 Å². The van der Waals surface area contributed by atoms with Gasteiger partial charge in [-0.15, -0.1) is 0 Å². The second-order valence-corrected chi connectivity index (χ2v) is 6.77. The average molecular weight is 399 g/mol. The molecular weight excluding hydrogens is 373 g/mol. The van der Waals surface area contributed by atoms with E-state index in [1.54, 1.807) is 25.4 Å². The van der Waals surface area contributed by atoms with E-state index in [0.717, 1.165) is 22.7 Å². The van der Waals surface area contributed by atoms with Crippen molar-refractivity contribution in [2.45, 2.75) is 18.8 Å². The molecule has 2 atom stereocenters. The summed E-state index contributed by atoms with van der Waals surface area (Å²) in [5.74, 6) is 1.24. The zero-order valence-corrected chi connectivity index (χ0v) is 16.6. The zero-order valence-electron chi connectivity index (χ0n) is 16.6. The SMILES string of the molecule is COc1ccccc1COC[C@H](O)CN[C@H](c1ccc(F)cc1)c1nccn1C. The van der Waals surface area contributed by atoms with Crippen LogP contribution in [0.5, 0.6) is 5.75 Å². The van der Waals surface area contributed by atoms with Gasteiger partial charge in [-0.05, 0) is 23.8 Å². The second kappa shape index (κ2) is 10.2. The fourth-order valence-electron chi connectivity index (χ4n) is 3.11. The third kappa shape index (κ3) is 5.63. The molecule has 0 saturated heterocycles. The lowest BCUT2D eigenvalue weighted by molar-refractivity contribution is 0.0273. The fraction of sp³-hybridized carbons (Fsp3) is 0.318. The summed E-state index contributed by atoms with van der Waals surface area (Å²) in [4.78, 5) is 4.39. The Morgan fingerprint density at radius 3 is 2.62 bits per heavy atom. The minimum absolute atomic E-state index is 0.168. The van der Waals surface area contributed by atoms with Gasteiger partial charge in [-0.25, -0.2) is 9.37 Å². The quantitative estimate of drug-likeness (QED) is 0.549. The van der Waals surface area contributed by atoms with Gasteiger partial charge in [0.15, 0.2) is 0 Å². The highest BCUT2D eigenvalue weighted by atomic mass is 19.1. The van der Waals surface area contributed by atoms with Crippen LogP contribution >= 0.6 is 0 Å². The molecule has 6 nitrogen and oxygen atoms in total. The number of aromatic nitrogens is 2. The average Bonchev–Trinajstić information content (AvgIpc) is 3.15. The van der Waals surface area contributed by atoms with Crippen LogP contribution in [0.15, 0.2) is 60.9 Å². The predicted octanol–water partition coefficient (Wildman–Crippen LogP) is 2.82. The Morgan fingerprint density at radius 1 is 1.17 bits per heavy atom. The summed E-state index contributed by atoms with van der Waals surface area (Å²) >= 11 is 0. The maximum absolute atomic E-state index is 13.3. The molecular formula is C22H26FN3O3. The van der Waals surface area contributed by atoms with Crippen LogP contribution in [0.3, 0.4) is 0 Å². The van der Waals surface area contributed by atoms with Gasteiger partial charge in [-0.1, -0.05) is 30.3 Å². The topological polar surface area (TPSA) is 68.5 Å². The molecule has 2 N–H and O–H groups in total. The number of hydrogen-bond donors (Lipinski definition) is 2. The second-order valence-electron chi connectivity index (χ2n) is 6.77. The van der Waals surface area contributed by atoms with Crippen molar-refractivity contribution in [2.24, 2.45) is 7.05 Å². The molecule has 0 saturated carbocycles. The summed E-state index contributed by atoms with van der Waals surface area (Å²) in [5.41, 5.74) is 1.79. The van der Waals surface area contributed by atoms with Crippen LogP contribution in [0.2, 0.25) is 0 Å². The Morgan fingerprint density at radius 2 is 1.93 bits per heavy atom. The van der Waals surface area contributed by atoms with Crippen LogP contribution in [0.1, 0.15) is 23.0 Å². The molecule has 2 aromatic carbocycles. The van der Waals surface area contributed by atoms with Gasteiger partial charge in [0.05, 0.1) is 32.5 Å². The summed E-state index contributed by atoms with van der Waals surface area (Å²) in [6.45, 7) is 0.810.